The van der Waals surface area contributed by atoms with Crippen LogP contribution in [0.2, 0.25) is 4.34 Å². The fourth-order valence-corrected chi connectivity index (χ4v) is 3.90. The van der Waals surface area contributed by atoms with Gasteiger partial charge in [0.1, 0.15) is 4.34 Å². The first-order valence-corrected chi connectivity index (χ1v) is 5.32. The van der Waals surface area contributed by atoms with E-state index in [1.165, 1.54) is 11.3 Å². The third-order valence-electron chi connectivity index (χ3n) is 0.918. The maximum atomic E-state index is 10.4. The van der Waals surface area contributed by atoms with Crippen LogP contribution in [0.5, 0.6) is 0 Å². The summed E-state index contributed by atoms with van der Waals surface area (Å²) in [5, 5.41) is 0. The predicted molar refractivity (Wildman–Crippen MR) is 55.1 cm³/mol. The first kappa shape index (κ1) is 8.96. The fraction of sp³-hybridized carbons (Fsp3) is 0. The molecule has 0 bridgehead atoms. The standard InChI is InChI=1S/C5HBrClIOS/c6-3-2(1-9)5(8)10-4(3)7/h1H. The number of halogens is 3. The summed E-state index contributed by atoms with van der Waals surface area (Å²) in [6.07, 6.45) is 0.800. The minimum atomic E-state index is 0.631. The highest BCUT2D eigenvalue weighted by molar-refractivity contribution is 14.1. The Morgan fingerprint density at radius 3 is 2.50 bits per heavy atom. The van der Waals surface area contributed by atoms with Gasteiger partial charge in [-0.25, -0.2) is 0 Å². The van der Waals surface area contributed by atoms with Crippen molar-refractivity contribution >= 4 is 67.7 Å². The van der Waals surface area contributed by atoms with Crippen molar-refractivity contribution in [1.82, 2.24) is 0 Å². The van der Waals surface area contributed by atoms with Gasteiger partial charge in [-0.3, -0.25) is 4.79 Å². The molecule has 0 fully saturated rings. The lowest BCUT2D eigenvalue weighted by atomic mass is 10.4. The summed E-state index contributed by atoms with van der Waals surface area (Å²) in [4.78, 5) is 10.4. The molecule has 0 unspecified atom stereocenters. The second kappa shape index (κ2) is 3.51. The van der Waals surface area contributed by atoms with Crippen molar-refractivity contribution in [3.05, 3.63) is 17.3 Å². The number of rotatable bonds is 1. The monoisotopic (exact) mass is 350 g/mol. The molecule has 10 heavy (non-hydrogen) atoms. The molecule has 1 heterocycles. The Labute approximate surface area is 89.0 Å². The van der Waals surface area contributed by atoms with Crippen LogP contribution in [-0.2, 0) is 0 Å². The van der Waals surface area contributed by atoms with Crippen molar-refractivity contribution in [3.63, 3.8) is 0 Å². The number of carbonyl (C=O) groups is 1. The molecule has 0 amide bonds. The number of thiophene rings is 1. The smallest absolute Gasteiger partial charge is 0.153 e. The summed E-state index contributed by atoms with van der Waals surface area (Å²) in [6, 6.07) is 0. The number of hydrogen-bond acceptors (Lipinski definition) is 2. The van der Waals surface area contributed by atoms with Gasteiger partial charge in [-0.15, -0.1) is 11.3 Å². The Morgan fingerprint density at radius 2 is 2.30 bits per heavy atom. The molecule has 5 heteroatoms. The Kier molecular flexibility index (Phi) is 3.15. The van der Waals surface area contributed by atoms with Crippen LogP contribution in [0, 0.1) is 2.88 Å². The van der Waals surface area contributed by atoms with Crippen LogP contribution in [-0.4, -0.2) is 6.29 Å². The van der Waals surface area contributed by atoms with Gasteiger partial charge in [-0.1, -0.05) is 11.6 Å². The van der Waals surface area contributed by atoms with E-state index in [9.17, 15) is 4.79 Å². The van der Waals surface area contributed by atoms with Gasteiger partial charge >= 0.3 is 0 Å². The van der Waals surface area contributed by atoms with E-state index in [-0.39, 0.29) is 0 Å². The van der Waals surface area contributed by atoms with Gasteiger partial charge < -0.3 is 0 Å². The molecule has 0 aliphatic heterocycles. The molecule has 1 rings (SSSR count). The first-order valence-electron chi connectivity index (χ1n) is 2.25. The van der Waals surface area contributed by atoms with Crippen LogP contribution >= 0.6 is 61.5 Å². The first-order chi connectivity index (χ1) is 4.66. The lowest BCUT2D eigenvalue weighted by Crippen LogP contribution is -1.76. The minimum absolute atomic E-state index is 0.631. The zero-order valence-corrected chi connectivity index (χ0v) is 9.84. The molecule has 0 aliphatic rings. The third kappa shape index (κ3) is 1.54. The molecule has 1 aromatic heterocycles. The average Bonchev–Trinajstić information content (AvgIpc) is 2.09. The Balaban J connectivity index is 3.33. The summed E-state index contributed by atoms with van der Waals surface area (Å²) in [7, 11) is 0. The van der Waals surface area contributed by atoms with E-state index in [1.54, 1.807) is 0 Å². The molecular formula is C5HBrClIOS. The van der Waals surface area contributed by atoms with Crippen molar-refractivity contribution in [3.8, 4) is 0 Å². The van der Waals surface area contributed by atoms with E-state index in [4.69, 9.17) is 11.6 Å². The van der Waals surface area contributed by atoms with Crippen LogP contribution < -0.4 is 0 Å². The molecule has 1 aromatic rings. The van der Waals surface area contributed by atoms with Gasteiger partial charge in [-0.2, -0.15) is 0 Å². The van der Waals surface area contributed by atoms with Crippen molar-refractivity contribution in [2.24, 2.45) is 0 Å². The normalized spacial score (nSPS) is 9.90. The van der Waals surface area contributed by atoms with Gasteiger partial charge in [0.05, 0.1) is 12.9 Å². The van der Waals surface area contributed by atoms with Crippen LogP contribution in [0.4, 0.5) is 0 Å². The second-order valence-electron chi connectivity index (χ2n) is 1.49. The van der Waals surface area contributed by atoms with E-state index in [0.29, 0.717) is 14.4 Å². The van der Waals surface area contributed by atoms with Crippen LogP contribution in [0.1, 0.15) is 10.4 Å². The second-order valence-corrected chi connectivity index (χ2v) is 5.72. The Hall–Kier alpha value is 0.870. The summed E-state index contributed by atoms with van der Waals surface area (Å²) >= 11 is 12.4. The molecular weight excluding hydrogens is 350 g/mol. The molecule has 0 aromatic carbocycles. The minimum Gasteiger partial charge on any atom is -0.298 e. The molecule has 0 N–H and O–H groups in total. The third-order valence-corrected chi connectivity index (χ3v) is 4.68. The van der Waals surface area contributed by atoms with Crippen LogP contribution in [0.25, 0.3) is 0 Å². The van der Waals surface area contributed by atoms with E-state index < -0.39 is 0 Å². The molecule has 0 aliphatic carbocycles. The molecule has 0 saturated carbocycles. The lowest BCUT2D eigenvalue weighted by Gasteiger charge is -1.83. The van der Waals surface area contributed by atoms with Crippen LogP contribution in [0.3, 0.4) is 0 Å². The zero-order valence-electron chi connectivity index (χ0n) is 4.53. The maximum Gasteiger partial charge on any atom is 0.153 e. The highest BCUT2D eigenvalue weighted by atomic mass is 127. The largest absolute Gasteiger partial charge is 0.298 e. The van der Waals surface area contributed by atoms with Gasteiger partial charge in [-0.05, 0) is 38.5 Å². The highest BCUT2D eigenvalue weighted by Crippen LogP contribution is 2.36. The molecule has 0 atom stereocenters. The highest BCUT2D eigenvalue weighted by Gasteiger charge is 2.11. The van der Waals surface area contributed by atoms with Gasteiger partial charge in [0.15, 0.2) is 6.29 Å². The van der Waals surface area contributed by atoms with Gasteiger partial charge in [0, 0.05) is 0 Å². The molecule has 0 saturated heterocycles. The molecule has 0 spiro atoms. The van der Waals surface area contributed by atoms with Crippen molar-refractivity contribution in [2.45, 2.75) is 0 Å². The maximum absolute atomic E-state index is 10.4. The number of hydrogen-bond donors (Lipinski definition) is 0. The Bertz CT molecular complexity index is 273. The van der Waals surface area contributed by atoms with E-state index in [1.807, 2.05) is 0 Å². The molecule has 54 valence electrons. The van der Waals surface area contributed by atoms with Gasteiger partial charge in [0.25, 0.3) is 0 Å². The van der Waals surface area contributed by atoms with Crippen molar-refractivity contribution < 1.29 is 4.79 Å². The lowest BCUT2D eigenvalue weighted by molar-refractivity contribution is 0.112. The van der Waals surface area contributed by atoms with E-state index >= 15 is 0 Å². The topological polar surface area (TPSA) is 17.1 Å². The van der Waals surface area contributed by atoms with Crippen molar-refractivity contribution in [1.29, 1.82) is 0 Å². The van der Waals surface area contributed by atoms with Crippen LogP contribution in [0.15, 0.2) is 4.47 Å². The number of aldehydes is 1. The van der Waals surface area contributed by atoms with Gasteiger partial charge in [0.2, 0.25) is 0 Å². The summed E-state index contributed by atoms with van der Waals surface area (Å²) < 4.78 is 2.26. The van der Waals surface area contributed by atoms with E-state index in [0.717, 1.165) is 9.17 Å². The van der Waals surface area contributed by atoms with E-state index in [2.05, 4.69) is 38.5 Å². The van der Waals surface area contributed by atoms with Crippen molar-refractivity contribution in [2.75, 3.05) is 0 Å². The molecule has 0 radical (unpaired) electrons. The molecule has 1 nitrogen and oxygen atoms in total. The summed E-state index contributed by atoms with van der Waals surface area (Å²) in [5.41, 5.74) is 0.649. The SMILES string of the molecule is O=Cc1c(I)sc(Cl)c1Br. The fourth-order valence-electron chi connectivity index (χ4n) is 0.469. The predicted octanol–water partition coefficient (Wildman–Crippen LogP) is 3.58. The summed E-state index contributed by atoms with van der Waals surface area (Å²) in [5.74, 6) is 0. The Morgan fingerprint density at radius 1 is 1.70 bits per heavy atom. The average molecular weight is 351 g/mol. The summed E-state index contributed by atoms with van der Waals surface area (Å²) in [6.45, 7) is 0. The number of carbonyl (C=O) groups excluding carboxylic acids is 1. The zero-order chi connectivity index (χ0) is 7.72. The quantitative estimate of drug-likeness (QED) is 0.558.